The second-order valence-corrected chi connectivity index (χ2v) is 5.01. The molecule has 0 amide bonds. The Morgan fingerprint density at radius 3 is 2.18 bits per heavy atom. The van der Waals surface area contributed by atoms with E-state index < -0.39 is 24.0 Å². The third-order valence-electron chi connectivity index (χ3n) is 3.10. The van der Waals surface area contributed by atoms with Gasteiger partial charge in [0.2, 0.25) is 0 Å². The minimum atomic E-state index is -1.02. The fourth-order valence-corrected chi connectivity index (χ4v) is 2.26. The van der Waals surface area contributed by atoms with Crippen LogP contribution >= 0.6 is 11.6 Å². The summed E-state index contributed by atoms with van der Waals surface area (Å²) >= 11 is 5.97. The fourth-order valence-electron chi connectivity index (χ4n) is 2.06. The van der Waals surface area contributed by atoms with E-state index in [0.29, 0.717) is 5.02 Å². The third kappa shape index (κ3) is 5.31. The fraction of sp³-hybridized carbons (Fsp3) is 0.500. The summed E-state index contributed by atoms with van der Waals surface area (Å²) in [6, 6.07) is 7.09. The van der Waals surface area contributed by atoms with Crippen molar-refractivity contribution in [1.29, 1.82) is 0 Å². The first kappa shape index (κ1) is 18.5. The Labute approximate surface area is 135 Å². The van der Waals surface area contributed by atoms with Crippen molar-refractivity contribution in [3.63, 3.8) is 0 Å². The Morgan fingerprint density at radius 1 is 1.14 bits per heavy atom. The first-order valence-electron chi connectivity index (χ1n) is 7.14. The highest BCUT2D eigenvalue weighted by Gasteiger charge is 2.33. The number of hydrogen-bond acceptors (Lipinski definition) is 5. The van der Waals surface area contributed by atoms with Crippen LogP contribution in [0, 0.1) is 5.92 Å². The smallest absolute Gasteiger partial charge is 0.320 e. The summed E-state index contributed by atoms with van der Waals surface area (Å²) in [6.07, 6.45) is -0.327. The molecule has 1 aromatic carbocycles. The van der Waals surface area contributed by atoms with E-state index in [4.69, 9.17) is 25.8 Å². The van der Waals surface area contributed by atoms with Crippen molar-refractivity contribution in [1.82, 2.24) is 0 Å². The largest absolute Gasteiger partial charge is 0.465 e. The molecule has 0 aliphatic carbocycles. The number of halogens is 1. The van der Waals surface area contributed by atoms with Crippen LogP contribution in [0.15, 0.2) is 24.3 Å². The topological polar surface area (TPSA) is 61.8 Å². The SMILES string of the molecule is CCOC(=O)C(CC(OC)c1cccc(Cl)c1)C(=O)OCC. The Bertz CT molecular complexity index is 485. The summed E-state index contributed by atoms with van der Waals surface area (Å²) in [5.41, 5.74) is 0.786. The molecule has 0 fully saturated rings. The number of esters is 2. The van der Waals surface area contributed by atoms with Gasteiger partial charge in [-0.2, -0.15) is 0 Å². The molecule has 1 atom stereocenters. The number of methoxy groups -OCH3 is 1. The minimum absolute atomic E-state index is 0.133. The molecule has 122 valence electrons. The summed E-state index contributed by atoms with van der Waals surface area (Å²) in [5.74, 6) is -2.24. The maximum absolute atomic E-state index is 12.0. The van der Waals surface area contributed by atoms with E-state index in [1.807, 2.05) is 6.07 Å². The van der Waals surface area contributed by atoms with Crippen LogP contribution in [0.4, 0.5) is 0 Å². The van der Waals surface area contributed by atoms with Crippen LogP contribution in [-0.2, 0) is 23.8 Å². The van der Waals surface area contributed by atoms with Crippen molar-refractivity contribution in [3.8, 4) is 0 Å². The van der Waals surface area contributed by atoms with Crippen LogP contribution in [0.3, 0.4) is 0 Å². The molecule has 0 bridgehead atoms. The van der Waals surface area contributed by atoms with Gasteiger partial charge in [0.15, 0.2) is 5.92 Å². The molecular weight excluding hydrogens is 308 g/mol. The number of carbonyl (C=O) groups is 2. The van der Waals surface area contributed by atoms with Crippen LogP contribution < -0.4 is 0 Å². The molecule has 0 saturated heterocycles. The summed E-state index contributed by atoms with van der Waals surface area (Å²) in [7, 11) is 1.51. The Balaban J connectivity index is 2.94. The van der Waals surface area contributed by atoms with Gasteiger partial charge in [-0.15, -0.1) is 0 Å². The molecule has 0 spiro atoms. The van der Waals surface area contributed by atoms with Gasteiger partial charge in [0.1, 0.15) is 0 Å². The molecule has 0 radical (unpaired) electrons. The predicted molar refractivity (Wildman–Crippen MR) is 82.6 cm³/mol. The molecule has 0 heterocycles. The molecule has 0 saturated carbocycles. The van der Waals surface area contributed by atoms with E-state index in [1.165, 1.54) is 7.11 Å². The van der Waals surface area contributed by atoms with Gasteiger partial charge in [0, 0.05) is 18.6 Å². The van der Waals surface area contributed by atoms with Gasteiger partial charge in [-0.3, -0.25) is 9.59 Å². The van der Waals surface area contributed by atoms with Gasteiger partial charge < -0.3 is 14.2 Å². The van der Waals surface area contributed by atoms with Crippen LogP contribution in [0.2, 0.25) is 5.02 Å². The Morgan fingerprint density at radius 2 is 1.73 bits per heavy atom. The molecule has 1 unspecified atom stereocenters. The van der Waals surface area contributed by atoms with Crippen molar-refractivity contribution < 1.29 is 23.8 Å². The lowest BCUT2D eigenvalue weighted by atomic mass is 9.96. The summed E-state index contributed by atoms with van der Waals surface area (Å²) < 4.78 is 15.3. The zero-order chi connectivity index (χ0) is 16.5. The molecule has 0 aromatic heterocycles. The number of benzene rings is 1. The number of carbonyl (C=O) groups excluding carboxylic acids is 2. The van der Waals surface area contributed by atoms with E-state index in [1.54, 1.807) is 32.0 Å². The highest BCUT2D eigenvalue weighted by atomic mass is 35.5. The molecule has 1 aromatic rings. The molecule has 5 nitrogen and oxygen atoms in total. The van der Waals surface area contributed by atoms with Crippen molar-refractivity contribution in [2.24, 2.45) is 5.92 Å². The number of hydrogen-bond donors (Lipinski definition) is 0. The van der Waals surface area contributed by atoms with Gasteiger partial charge in [-0.05, 0) is 31.5 Å². The third-order valence-corrected chi connectivity index (χ3v) is 3.33. The highest BCUT2D eigenvalue weighted by molar-refractivity contribution is 6.30. The first-order valence-corrected chi connectivity index (χ1v) is 7.52. The Kier molecular flexibility index (Phi) is 7.91. The zero-order valence-electron chi connectivity index (χ0n) is 13.0. The maximum Gasteiger partial charge on any atom is 0.320 e. The summed E-state index contributed by atoms with van der Waals surface area (Å²) in [5, 5.41) is 0.559. The summed E-state index contributed by atoms with van der Waals surface area (Å²) in [4.78, 5) is 24.0. The predicted octanol–water partition coefficient (Wildman–Crippen LogP) is 3.16. The molecular formula is C16H21ClO5. The van der Waals surface area contributed by atoms with Gasteiger partial charge in [0.05, 0.1) is 19.3 Å². The number of rotatable bonds is 8. The average Bonchev–Trinajstić information content (AvgIpc) is 2.48. The van der Waals surface area contributed by atoms with Crippen molar-refractivity contribution >= 4 is 23.5 Å². The zero-order valence-corrected chi connectivity index (χ0v) is 13.8. The molecule has 0 N–H and O–H groups in total. The standard InChI is InChI=1S/C16H21ClO5/c1-4-21-15(18)13(16(19)22-5-2)10-14(20-3)11-7-6-8-12(17)9-11/h6-9,13-14H,4-5,10H2,1-3H3. The molecule has 0 aliphatic rings. The van der Waals surface area contributed by atoms with E-state index in [9.17, 15) is 9.59 Å². The quantitative estimate of drug-likeness (QED) is 0.542. The second kappa shape index (κ2) is 9.43. The molecule has 0 aliphatic heterocycles. The lowest BCUT2D eigenvalue weighted by Gasteiger charge is -2.21. The van der Waals surface area contributed by atoms with Crippen molar-refractivity contribution in [2.45, 2.75) is 26.4 Å². The molecule has 6 heteroatoms. The minimum Gasteiger partial charge on any atom is -0.465 e. The van der Waals surface area contributed by atoms with E-state index in [0.717, 1.165) is 5.56 Å². The van der Waals surface area contributed by atoms with Gasteiger partial charge in [-0.1, -0.05) is 23.7 Å². The molecule has 22 heavy (non-hydrogen) atoms. The Hall–Kier alpha value is -1.59. The van der Waals surface area contributed by atoms with Gasteiger partial charge >= 0.3 is 11.9 Å². The van der Waals surface area contributed by atoms with Gasteiger partial charge in [0.25, 0.3) is 0 Å². The highest BCUT2D eigenvalue weighted by Crippen LogP contribution is 2.28. The van der Waals surface area contributed by atoms with Gasteiger partial charge in [-0.25, -0.2) is 0 Å². The second-order valence-electron chi connectivity index (χ2n) is 4.57. The van der Waals surface area contributed by atoms with Crippen LogP contribution in [0.5, 0.6) is 0 Å². The van der Waals surface area contributed by atoms with Crippen LogP contribution in [-0.4, -0.2) is 32.3 Å². The van der Waals surface area contributed by atoms with Crippen LogP contribution in [0.1, 0.15) is 31.9 Å². The maximum atomic E-state index is 12.0. The normalized spacial score (nSPS) is 12.0. The lowest BCUT2D eigenvalue weighted by Crippen LogP contribution is -2.30. The lowest BCUT2D eigenvalue weighted by molar-refractivity contribution is -0.163. The van der Waals surface area contributed by atoms with Crippen molar-refractivity contribution in [2.75, 3.05) is 20.3 Å². The van der Waals surface area contributed by atoms with Crippen LogP contribution in [0.25, 0.3) is 0 Å². The summed E-state index contributed by atoms with van der Waals surface area (Å²) in [6.45, 7) is 3.77. The van der Waals surface area contributed by atoms with Crippen molar-refractivity contribution in [3.05, 3.63) is 34.9 Å². The molecule has 1 rings (SSSR count). The average molecular weight is 329 g/mol. The van der Waals surface area contributed by atoms with E-state index in [2.05, 4.69) is 0 Å². The van der Waals surface area contributed by atoms with E-state index in [-0.39, 0.29) is 19.6 Å². The monoisotopic (exact) mass is 328 g/mol. The number of ether oxygens (including phenoxy) is 3. The van der Waals surface area contributed by atoms with E-state index >= 15 is 0 Å². The first-order chi connectivity index (χ1) is 10.5.